The topological polar surface area (TPSA) is 108 Å². The number of ketones is 1. The van der Waals surface area contributed by atoms with Crippen molar-refractivity contribution in [1.29, 1.82) is 0 Å². The summed E-state index contributed by atoms with van der Waals surface area (Å²) in [7, 11) is 0. The molecule has 4 rings (SSSR count). The molecule has 3 heterocycles. The molecule has 144 valence electrons. The van der Waals surface area contributed by atoms with Crippen LogP contribution in [0.3, 0.4) is 0 Å². The van der Waals surface area contributed by atoms with Gasteiger partial charge in [0.15, 0.2) is 5.78 Å². The van der Waals surface area contributed by atoms with Gasteiger partial charge in [-0.25, -0.2) is 9.97 Å². The summed E-state index contributed by atoms with van der Waals surface area (Å²) in [5.41, 5.74) is 7.87. The molecule has 0 spiro atoms. The van der Waals surface area contributed by atoms with Gasteiger partial charge in [-0.1, -0.05) is 12.1 Å². The Balaban J connectivity index is 1.39. The fourth-order valence-electron chi connectivity index (χ4n) is 3.42. The highest BCUT2D eigenvalue weighted by molar-refractivity contribution is 5.99. The van der Waals surface area contributed by atoms with Crippen LogP contribution in [0.25, 0.3) is 10.9 Å². The number of hydrogen-bond acceptors (Lipinski definition) is 6. The number of aromatic nitrogens is 3. The van der Waals surface area contributed by atoms with Crippen LogP contribution >= 0.6 is 0 Å². The van der Waals surface area contributed by atoms with E-state index >= 15 is 0 Å². The maximum Gasteiger partial charge on any atom is 0.270 e. The molecule has 3 N–H and O–H groups in total. The third-order valence-corrected chi connectivity index (χ3v) is 5.02. The van der Waals surface area contributed by atoms with Crippen LogP contribution in [0.1, 0.15) is 33.6 Å². The molecule has 0 atom stereocenters. The number of fused-ring (bicyclic) bond motifs is 1. The average molecular weight is 378 g/mol. The number of H-pyrrole nitrogens is 1. The van der Waals surface area contributed by atoms with Gasteiger partial charge in [0.1, 0.15) is 17.3 Å². The lowest BCUT2D eigenvalue weighted by Crippen LogP contribution is -2.48. The van der Waals surface area contributed by atoms with E-state index in [1.54, 1.807) is 17.2 Å². The van der Waals surface area contributed by atoms with Crippen molar-refractivity contribution in [3.05, 3.63) is 53.6 Å². The first kappa shape index (κ1) is 18.1. The summed E-state index contributed by atoms with van der Waals surface area (Å²) in [5, 5.41) is 0.859. The smallest absolute Gasteiger partial charge is 0.270 e. The van der Waals surface area contributed by atoms with Gasteiger partial charge in [0, 0.05) is 43.3 Å². The summed E-state index contributed by atoms with van der Waals surface area (Å²) in [6, 6.07) is 9.31. The van der Waals surface area contributed by atoms with Gasteiger partial charge in [-0.3, -0.25) is 14.5 Å². The summed E-state index contributed by atoms with van der Waals surface area (Å²) < 4.78 is 0. The first-order valence-corrected chi connectivity index (χ1v) is 9.23. The Bertz CT molecular complexity index is 1040. The molecule has 1 aromatic carbocycles. The predicted molar refractivity (Wildman–Crippen MR) is 106 cm³/mol. The monoisotopic (exact) mass is 378 g/mol. The molecule has 28 heavy (non-hydrogen) atoms. The predicted octanol–water partition coefficient (Wildman–Crippen LogP) is 1.70. The summed E-state index contributed by atoms with van der Waals surface area (Å²) in [6.45, 7) is 4.74. The minimum Gasteiger partial charge on any atom is -0.383 e. The normalized spacial score (nSPS) is 15.1. The third-order valence-electron chi connectivity index (χ3n) is 5.02. The van der Waals surface area contributed by atoms with Crippen molar-refractivity contribution < 1.29 is 9.59 Å². The Morgan fingerprint density at radius 3 is 2.61 bits per heavy atom. The minimum absolute atomic E-state index is 0.0604. The number of Topliss-reactive ketones (excluding diaryl/α,β-unsaturated/α-hetero) is 1. The number of carbonyl (C=O) groups excluding carboxylic acids is 2. The van der Waals surface area contributed by atoms with E-state index in [1.807, 2.05) is 24.3 Å². The maximum atomic E-state index is 12.6. The van der Waals surface area contributed by atoms with Crippen LogP contribution in [-0.4, -0.2) is 62.6 Å². The fourth-order valence-corrected chi connectivity index (χ4v) is 3.42. The van der Waals surface area contributed by atoms with Crippen molar-refractivity contribution in [2.45, 2.75) is 13.5 Å². The summed E-state index contributed by atoms with van der Waals surface area (Å²) in [4.78, 5) is 40.0. The Hall–Kier alpha value is -3.26. The van der Waals surface area contributed by atoms with Gasteiger partial charge in [-0.15, -0.1) is 0 Å². The van der Waals surface area contributed by atoms with E-state index in [1.165, 1.54) is 6.92 Å². The molecule has 0 radical (unpaired) electrons. The van der Waals surface area contributed by atoms with Crippen molar-refractivity contribution in [3.63, 3.8) is 0 Å². The molecule has 8 nitrogen and oxygen atoms in total. The first-order valence-electron chi connectivity index (χ1n) is 9.23. The first-order chi connectivity index (χ1) is 13.5. The van der Waals surface area contributed by atoms with E-state index in [2.05, 4.69) is 19.9 Å². The number of benzene rings is 1. The van der Waals surface area contributed by atoms with Gasteiger partial charge in [-0.2, -0.15) is 0 Å². The van der Waals surface area contributed by atoms with Crippen LogP contribution in [-0.2, 0) is 6.54 Å². The summed E-state index contributed by atoms with van der Waals surface area (Å²) in [5.74, 6) is 1.03. The van der Waals surface area contributed by atoms with Crippen molar-refractivity contribution in [2.75, 3.05) is 31.9 Å². The molecule has 0 saturated carbocycles. The van der Waals surface area contributed by atoms with E-state index in [4.69, 9.17) is 5.73 Å². The molecular weight excluding hydrogens is 356 g/mol. The Kier molecular flexibility index (Phi) is 4.79. The Morgan fingerprint density at radius 2 is 1.89 bits per heavy atom. The minimum atomic E-state index is -0.0849. The molecular formula is C20H22N6O2. The number of nitrogens with two attached hydrogens (primary N) is 1. The Labute approximate surface area is 162 Å². The second kappa shape index (κ2) is 7.40. The molecule has 0 bridgehead atoms. The van der Waals surface area contributed by atoms with Gasteiger partial charge in [0.2, 0.25) is 0 Å². The number of amides is 1. The number of nitrogens with one attached hydrogen (secondary N) is 1. The van der Waals surface area contributed by atoms with E-state index in [-0.39, 0.29) is 11.7 Å². The SMILES string of the molecule is CC(=O)c1c[nH]c(C(=O)N2CCN(Cc3nc(N)c4ccccc4n3)CC2)c1. The summed E-state index contributed by atoms with van der Waals surface area (Å²) >= 11 is 0. The van der Waals surface area contributed by atoms with E-state index in [9.17, 15) is 9.59 Å². The van der Waals surface area contributed by atoms with Crippen LogP contribution in [0.2, 0.25) is 0 Å². The standard InChI is InChI=1S/C20H22N6O2/c1-13(27)14-10-17(22-11-14)20(28)26-8-6-25(7-9-26)12-18-23-16-5-3-2-4-15(16)19(21)24-18/h2-5,10-11,22H,6-9,12H2,1H3,(H2,21,23,24). The quantitative estimate of drug-likeness (QED) is 0.669. The molecule has 8 heteroatoms. The number of aromatic amines is 1. The lowest BCUT2D eigenvalue weighted by atomic mass is 10.2. The number of para-hydroxylation sites is 1. The number of nitrogens with zero attached hydrogens (tertiary/aromatic N) is 4. The highest BCUT2D eigenvalue weighted by Crippen LogP contribution is 2.18. The second-order valence-corrected chi connectivity index (χ2v) is 6.97. The molecule has 3 aromatic rings. The van der Waals surface area contributed by atoms with Gasteiger partial charge in [0.25, 0.3) is 5.91 Å². The molecule has 2 aromatic heterocycles. The van der Waals surface area contributed by atoms with Crippen LogP contribution in [0, 0.1) is 0 Å². The molecule has 0 aliphatic carbocycles. The van der Waals surface area contributed by atoms with Crippen molar-refractivity contribution in [1.82, 2.24) is 24.8 Å². The molecule has 1 amide bonds. The number of piperazine rings is 1. The molecule has 1 aliphatic rings. The zero-order valence-corrected chi connectivity index (χ0v) is 15.7. The molecule has 1 fully saturated rings. The molecule has 1 aliphatic heterocycles. The largest absolute Gasteiger partial charge is 0.383 e. The number of rotatable bonds is 4. The van der Waals surface area contributed by atoms with Gasteiger partial charge in [-0.05, 0) is 25.1 Å². The van der Waals surface area contributed by atoms with E-state index in [0.717, 1.165) is 24.0 Å². The lowest BCUT2D eigenvalue weighted by molar-refractivity contribution is 0.0620. The van der Waals surface area contributed by atoms with Gasteiger partial charge in [0.05, 0.1) is 12.1 Å². The zero-order valence-electron chi connectivity index (χ0n) is 15.7. The van der Waals surface area contributed by atoms with Crippen LogP contribution in [0.15, 0.2) is 36.5 Å². The van der Waals surface area contributed by atoms with Crippen molar-refractivity contribution in [3.8, 4) is 0 Å². The van der Waals surface area contributed by atoms with Crippen LogP contribution in [0.5, 0.6) is 0 Å². The third kappa shape index (κ3) is 3.59. The number of hydrogen-bond donors (Lipinski definition) is 2. The maximum absolute atomic E-state index is 12.6. The Morgan fingerprint density at radius 1 is 1.14 bits per heavy atom. The van der Waals surface area contributed by atoms with Gasteiger partial charge < -0.3 is 15.6 Å². The highest BCUT2D eigenvalue weighted by atomic mass is 16.2. The lowest BCUT2D eigenvalue weighted by Gasteiger charge is -2.34. The second-order valence-electron chi connectivity index (χ2n) is 6.97. The van der Waals surface area contributed by atoms with Crippen LogP contribution in [0.4, 0.5) is 5.82 Å². The van der Waals surface area contributed by atoms with E-state index in [0.29, 0.717) is 42.5 Å². The van der Waals surface area contributed by atoms with E-state index < -0.39 is 0 Å². The highest BCUT2D eigenvalue weighted by Gasteiger charge is 2.24. The fraction of sp³-hybridized carbons (Fsp3) is 0.300. The summed E-state index contributed by atoms with van der Waals surface area (Å²) in [6.07, 6.45) is 1.58. The average Bonchev–Trinajstić information content (AvgIpc) is 3.19. The number of nitrogen functional groups attached to an aromatic ring is 1. The van der Waals surface area contributed by atoms with Crippen LogP contribution < -0.4 is 5.73 Å². The zero-order chi connectivity index (χ0) is 19.7. The van der Waals surface area contributed by atoms with Crippen molar-refractivity contribution in [2.24, 2.45) is 0 Å². The number of anilines is 1. The van der Waals surface area contributed by atoms with Crippen molar-refractivity contribution >= 4 is 28.4 Å². The molecule has 0 unspecified atom stereocenters. The number of carbonyl (C=O) groups is 2. The van der Waals surface area contributed by atoms with Gasteiger partial charge >= 0.3 is 0 Å². The molecule has 1 saturated heterocycles.